The molecular formula is C19H22N2O2. The van der Waals surface area contributed by atoms with Crippen molar-refractivity contribution in [1.82, 2.24) is 0 Å². The molecule has 1 unspecified atom stereocenters. The Hall–Kier alpha value is -2.49. The number of benzene rings is 2. The second-order valence-electron chi connectivity index (χ2n) is 6.97. The minimum Gasteiger partial charge on any atom is -0.508 e. The number of phenols is 2. The van der Waals surface area contributed by atoms with E-state index >= 15 is 0 Å². The maximum atomic E-state index is 9.52. The van der Waals surface area contributed by atoms with Gasteiger partial charge >= 0.3 is 0 Å². The molecule has 2 N–H and O–H groups in total. The van der Waals surface area contributed by atoms with Gasteiger partial charge in [0.2, 0.25) is 0 Å². The molecule has 2 aromatic carbocycles. The smallest absolute Gasteiger partial charge is 0.115 e. The summed E-state index contributed by atoms with van der Waals surface area (Å²) < 4.78 is 0. The van der Waals surface area contributed by atoms with Gasteiger partial charge in [0.1, 0.15) is 11.5 Å². The minimum absolute atomic E-state index is 0.000832. The maximum absolute atomic E-state index is 9.52. The number of nitrogens with zero attached hydrogens (tertiary/aromatic N) is 2. The summed E-state index contributed by atoms with van der Waals surface area (Å²) in [4.78, 5) is 0. The molecule has 0 spiro atoms. The normalized spacial score (nSPS) is 18.1. The molecule has 0 fully saturated rings. The van der Waals surface area contributed by atoms with E-state index < -0.39 is 0 Å². The Kier molecular flexibility index (Phi) is 3.76. The van der Waals surface area contributed by atoms with E-state index in [-0.39, 0.29) is 23.0 Å². The summed E-state index contributed by atoms with van der Waals surface area (Å²) in [6.45, 7) is 6.50. The van der Waals surface area contributed by atoms with Crippen molar-refractivity contribution in [2.75, 3.05) is 5.01 Å². The van der Waals surface area contributed by atoms with Crippen LogP contribution in [0.3, 0.4) is 0 Å². The second-order valence-corrected chi connectivity index (χ2v) is 6.97. The lowest BCUT2D eigenvalue weighted by molar-refractivity contribution is 0.474. The zero-order chi connectivity index (χ0) is 16.6. The SMILES string of the molecule is CC(C)(C)C1=NN(c2ccc(O)cc2)C(c2ccc(O)cc2)C1. The predicted octanol–water partition coefficient (Wildman–Crippen LogP) is 4.45. The molecule has 4 nitrogen and oxygen atoms in total. The van der Waals surface area contributed by atoms with E-state index in [1.54, 1.807) is 24.3 Å². The lowest BCUT2D eigenvalue weighted by Gasteiger charge is -2.24. The lowest BCUT2D eigenvalue weighted by atomic mass is 9.86. The van der Waals surface area contributed by atoms with Gasteiger partial charge in [0, 0.05) is 17.5 Å². The Balaban J connectivity index is 2.00. The van der Waals surface area contributed by atoms with Crippen LogP contribution in [0.4, 0.5) is 5.69 Å². The third kappa shape index (κ3) is 3.16. The largest absolute Gasteiger partial charge is 0.508 e. The van der Waals surface area contributed by atoms with Gasteiger partial charge in [0.05, 0.1) is 11.7 Å². The minimum atomic E-state index is 0.000832. The molecule has 0 radical (unpaired) electrons. The number of hydrogen-bond donors (Lipinski definition) is 2. The fourth-order valence-corrected chi connectivity index (χ4v) is 2.76. The molecule has 0 aliphatic carbocycles. The van der Waals surface area contributed by atoms with Crippen molar-refractivity contribution in [1.29, 1.82) is 0 Å². The Morgan fingerprint density at radius 2 is 1.43 bits per heavy atom. The van der Waals surface area contributed by atoms with Gasteiger partial charge in [-0.25, -0.2) is 0 Å². The van der Waals surface area contributed by atoms with Crippen molar-refractivity contribution in [2.45, 2.75) is 33.2 Å². The fraction of sp³-hybridized carbons (Fsp3) is 0.316. The Labute approximate surface area is 136 Å². The molecule has 0 aromatic heterocycles. The van der Waals surface area contributed by atoms with Gasteiger partial charge in [-0.15, -0.1) is 0 Å². The summed E-state index contributed by atoms with van der Waals surface area (Å²) in [6, 6.07) is 14.5. The highest BCUT2D eigenvalue weighted by Gasteiger charge is 2.34. The van der Waals surface area contributed by atoms with Crippen LogP contribution in [0, 0.1) is 5.41 Å². The summed E-state index contributed by atoms with van der Waals surface area (Å²) in [5.74, 6) is 0.508. The molecule has 0 amide bonds. The molecular weight excluding hydrogens is 288 g/mol. The molecule has 1 heterocycles. The van der Waals surface area contributed by atoms with Crippen LogP contribution in [-0.2, 0) is 0 Å². The first-order chi connectivity index (χ1) is 10.8. The molecule has 2 aromatic rings. The van der Waals surface area contributed by atoms with Gasteiger partial charge in [-0.3, -0.25) is 5.01 Å². The van der Waals surface area contributed by atoms with E-state index in [1.165, 1.54) is 0 Å². The van der Waals surface area contributed by atoms with Crippen LogP contribution in [0.1, 0.15) is 38.8 Å². The van der Waals surface area contributed by atoms with Gasteiger partial charge in [-0.2, -0.15) is 5.10 Å². The van der Waals surface area contributed by atoms with Crippen LogP contribution in [0.2, 0.25) is 0 Å². The first kappa shape index (κ1) is 15.4. The average molecular weight is 310 g/mol. The Bertz CT molecular complexity index is 713. The van der Waals surface area contributed by atoms with Gasteiger partial charge in [-0.05, 0) is 42.0 Å². The molecule has 0 bridgehead atoms. The van der Waals surface area contributed by atoms with Crippen LogP contribution in [-0.4, -0.2) is 15.9 Å². The Morgan fingerprint density at radius 1 is 0.913 bits per heavy atom. The zero-order valence-corrected chi connectivity index (χ0v) is 13.7. The summed E-state index contributed by atoms with van der Waals surface area (Å²) in [7, 11) is 0. The third-order valence-electron chi connectivity index (χ3n) is 4.17. The van der Waals surface area contributed by atoms with Crippen molar-refractivity contribution < 1.29 is 10.2 Å². The van der Waals surface area contributed by atoms with Gasteiger partial charge in [-0.1, -0.05) is 32.9 Å². The zero-order valence-electron chi connectivity index (χ0n) is 13.7. The third-order valence-corrected chi connectivity index (χ3v) is 4.17. The summed E-state index contributed by atoms with van der Waals surface area (Å²) in [5, 5.41) is 25.9. The number of aromatic hydroxyl groups is 2. The summed E-state index contributed by atoms with van der Waals surface area (Å²) in [5.41, 5.74) is 3.20. The highest BCUT2D eigenvalue weighted by molar-refractivity contribution is 5.93. The number of hydrazone groups is 1. The van der Waals surface area contributed by atoms with Crippen molar-refractivity contribution in [3.8, 4) is 11.5 Å². The summed E-state index contributed by atoms with van der Waals surface area (Å²) in [6.07, 6.45) is 0.842. The van der Waals surface area contributed by atoms with Crippen molar-refractivity contribution in [3.05, 3.63) is 54.1 Å². The molecule has 120 valence electrons. The number of anilines is 1. The highest BCUT2D eigenvalue weighted by Crippen LogP contribution is 2.39. The molecule has 1 atom stereocenters. The average Bonchev–Trinajstić information content (AvgIpc) is 2.94. The highest BCUT2D eigenvalue weighted by atomic mass is 16.3. The van der Waals surface area contributed by atoms with Crippen molar-refractivity contribution in [3.63, 3.8) is 0 Å². The van der Waals surface area contributed by atoms with Crippen LogP contribution in [0.5, 0.6) is 11.5 Å². The monoisotopic (exact) mass is 310 g/mol. The van der Waals surface area contributed by atoms with Crippen LogP contribution >= 0.6 is 0 Å². The van der Waals surface area contributed by atoms with Gasteiger partial charge in [0.25, 0.3) is 0 Å². The van der Waals surface area contributed by atoms with Crippen LogP contribution in [0.25, 0.3) is 0 Å². The van der Waals surface area contributed by atoms with Crippen molar-refractivity contribution in [2.24, 2.45) is 10.5 Å². The topological polar surface area (TPSA) is 56.1 Å². The standard InChI is InChI=1S/C19H22N2O2/c1-19(2,3)18-12-17(13-4-8-15(22)9-5-13)21(20-18)14-6-10-16(23)11-7-14/h4-11,17,22-23H,12H2,1-3H3. The van der Waals surface area contributed by atoms with E-state index in [0.717, 1.165) is 23.4 Å². The van der Waals surface area contributed by atoms with Crippen LogP contribution < -0.4 is 5.01 Å². The second kappa shape index (κ2) is 5.61. The molecule has 1 aliphatic heterocycles. The molecule has 0 saturated carbocycles. The molecule has 4 heteroatoms. The molecule has 0 saturated heterocycles. The maximum Gasteiger partial charge on any atom is 0.115 e. The first-order valence-corrected chi connectivity index (χ1v) is 7.80. The first-order valence-electron chi connectivity index (χ1n) is 7.80. The van der Waals surface area contributed by atoms with E-state index in [4.69, 9.17) is 5.10 Å². The Morgan fingerprint density at radius 3 is 1.96 bits per heavy atom. The lowest BCUT2D eigenvalue weighted by Crippen LogP contribution is -2.19. The van der Waals surface area contributed by atoms with Gasteiger partial charge in [0.15, 0.2) is 0 Å². The van der Waals surface area contributed by atoms with E-state index in [2.05, 4.69) is 20.8 Å². The fourth-order valence-electron chi connectivity index (χ4n) is 2.76. The van der Waals surface area contributed by atoms with Crippen molar-refractivity contribution >= 4 is 11.4 Å². The van der Waals surface area contributed by atoms with E-state index in [0.29, 0.717) is 0 Å². The number of phenolic OH excluding ortho intramolecular Hbond substituents is 2. The number of hydrogen-bond acceptors (Lipinski definition) is 4. The predicted molar refractivity (Wildman–Crippen MR) is 92.9 cm³/mol. The van der Waals surface area contributed by atoms with E-state index in [9.17, 15) is 10.2 Å². The van der Waals surface area contributed by atoms with Gasteiger partial charge < -0.3 is 10.2 Å². The molecule has 1 aliphatic rings. The quantitative estimate of drug-likeness (QED) is 0.861. The van der Waals surface area contributed by atoms with Crippen LogP contribution in [0.15, 0.2) is 53.6 Å². The number of rotatable bonds is 2. The summed E-state index contributed by atoms with van der Waals surface area (Å²) >= 11 is 0. The molecule has 23 heavy (non-hydrogen) atoms. The van der Waals surface area contributed by atoms with E-state index in [1.807, 2.05) is 29.3 Å². The molecule has 3 rings (SSSR count).